The number of aromatic nitrogens is 3. The van der Waals surface area contributed by atoms with E-state index < -0.39 is 5.43 Å². The van der Waals surface area contributed by atoms with Gasteiger partial charge >= 0.3 is 0 Å². The van der Waals surface area contributed by atoms with Gasteiger partial charge in [0.15, 0.2) is 16.8 Å². The first-order valence-electron chi connectivity index (χ1n) is 7.19. The Hall–Kier alpha value is -2.76. The van der Waals surface area contributed by atoms with Crippen LogP contribution in [-0.2, 0) is 6.42 Å². The number of hydrogen-bond donors (Lipinski definition) is 3. The number of nitrogens with one attached hydrogen (secondary N) is 2. The molecule has 0 fully saturated rings. The van der Waals surface area contributed by atoms with E-state index in [1.165, 1.54) is 6.07 Å². The first kappa shape index (κ1) is 12.9. The van der Waals surface area contributed by atoms with Gasteiger partial charge < -0.3 is 14.6 Å². The number of benzene rings is 1. The van der Waals surface area contributed by atoms with Crippen LogP contribution in [0, 0.1) is 5.92 Å². The lowest BCUT2D eigenvalue weighted by Gasteiger charge is -2.06. The SMILES string of the molecule is CC(C)Cc1c2c[nH][nH]c2nc2c1oc1c(O)c(=O)ccc12. The molecule has 0 radical (unpaired) electrons. The fourth-order valence-electron chi connectivity index (χ4n) is 2.91. The lowest BCUT2D eigenvalue weighted by molar-refractivity contribution is 0.463. The van der Waals surface area contributed by atoms with Crippen LogP contribution < -0.4 is 5.43 Å². The largest absolute Gasteiger partial charge is 0.502 e. The van der Waals surface area contributed by atoms with Gasteiger partial charge in [-0.3, -0.25) is 9.89 Å². The fourth-order valence-corrected chi connectivity index (χ4v) is 2.91. The fraction of sp³-hybridized carbons (Fsp3) is 0.250. The predicted molar refractivity (Wildman–Crippen MR) is 84.2 cm³/mol. The van der Waals surface area contributed by atoms with Crippen molar-refractivity contribution in [3.05, 3.63) is 34.1 Å². The van der Waals surface area contributed by atoms with Crippen molar-refractivity contribution in [2.75, 3.05) is 0 Å². The molecule has 0 spiro atoms. The van der Waals surface area contributed by atoms with Crippen LogP contribution >= 0.6 is 0 Å². The van der Waals surface area contributed by atoms with Crippen LogP contribution in [-0.4, -0.2) is 20.3 Å². The Kier molecular flexibility index (Phi) is 2.57. The van der Waals surface area contributed by atoms with E-state index in [1.807, 2.05) is 6.20 Å². The van der Waals surface area contributed by atoms with E-state index in [0.29, 0.717) is 22.4 Å². The van der Waals surface area contributed by atoms with Gasteiger partial charge in [-0.1, -0.05) is 13.8 Å². The van der Waals surface area contributed by atoms with Crippen molar-refractivity contribution in [2.24, 2.45) is 5.92 Å². The summed E-state index contributed by atoms with van der Waals surface area (Å²) in [6.45, 7) is 4.26. The molecule has 3 heterocycles. The summed E-state index contributed by atoms with van der Waals surface area (Å²) in [7, 11) is 0. The maximum atomic E-state index is 11.6. The van der Waals surface area contributed by atoms with E-state index in [0.717, 1.165) is 23.0 Å². The molecule has 0 aliphatic heterocycles. The second-order valence-electron chi connectivity index (χ2n) is 5.93. The molecule has 4 rings (SSSR count). The summed E-state index contributed by atoms with van der Waals surface area (Å²) >= 11 is 0. The van der Waals surface area contributed by atoms with Gasteiger partial charge in [0, 0.05) is 17.1 Å². The smallest absolute Gasteiger partial charge is 0.224 e. The normalized spacial score (nSPS) is 12.1. The molecule has 22 heavy (non-hydrogen) atoms. The summed E-state index contributed by atoms with van der Waals surface area (Å²) in [6, 6.07) is 2.98. The number of aromatic amines is 2. The molecule has 0 unspecified atom stereocenters. The third-order valence-electron chi connectivity index (χ3n) is 3.87. The number of rotatable bonds is 2. The average Bonchev–Trinajstić information content (AvgIpc) is 3.07. The molecular weight excluding hydrogens is 282 g/mol. The van der Waals surface area contributed by atoms with Crippen LogP contribution in [0.25, 0.3) is 33.1 Å². The number of H-pyrrole nitrogens is 2. The van der Waals surface area contributed by atoms with Gasteiger partial charge in [0.1, 0.15) is 5.52 Å². The van der Waals surface area contributed by atoms with Gasteiger partial charge in [-0.15, -0.1) is 0 Å². The molecular formula is C16H15N3O3. The van der Waals surface area contributed by atoms with Gasteiger partial charge in [0.25, 0.3) is 0 Å². The maximum Gasteiger partial charge on any atom is 0.224 e. The van der Waals surface area contributed by atoms with Crippen molar-refractivity contribution in [1.82, 2.24) is 15.2 Å². The summed E-state index contributed by atoms with van der Waals surface area (Å²) in [5.41, 5.74) is 2.80. The van der Waals surface area contributed by atoms with Gasteiger partial charge in [-0.25, -0.2) is 4.98 Å². The third-order valence-corrected chi connectivity index (χ3v) is 3.87. The van der Waals surface area contributed by atoms with Crippen LogP contribution in [0.3, 0.4) is 0 Å². The molecule has 0 aliphatic rings. The van der Waals surface area contributed by atoms with Gasteiger partial charge in [0.2, 0.25) is 11.2 Å². The van der Waals surface area contributed by atoms with Crippen molar-refractivity contribution >= 4 is 33.1 Å². The summed E-state index contributed by atoms with van der Waals surface area (Å²) in [5, 5.41) is 17.5. The lowest BCUT2D eigenvalue weighted by atomic mass is 10.00. The second kappa shape index (κ2) is 4.37. The number of phenols is 1. The summed E-state index contributed by atoms with van der Waals surface area (Å²) < 4.78 is 5.83. The Morgan fingerprint density at radius 1 is 1.27 bits per heavy atom. The van der Waals surface area contributed by atoms with Crippen molar-refractivity contribution in [2.45, 2.75) is 20.3 Å². The number of pyridine rings is 1. The second-order valence-corrected chi connectivity index (χ2v) is 5.93. The zero-order valence-corrected chi connectivity index (χ0v) is 12.2. The predicted octanol–water partition coefficient (Wildman–Crippen LogP) is 3.05. The van der Waals surface area contributed by atoms with Gasteiger partial charge in [0.05, 0.1) is 5.39 Å². The van der Waals surface area contributed by atoms with E-state index in [2.05, 4.69) is 29.0 Å². The molecule has 0 saturated carbocycles. The molecule has 0 atom stereocenters. The quantitative estimate of drug-likeness (QED) is 0.530. The van der Waals surface area contributed by atoms with Crippen molar-refractivity contribution in [1.29, 1.82) is 0 Å². The topological polar surface area (TPSA) is 94.9 Å². The van der Waals surface area contributed by atoms with Gasteiger partial charge in [-0.05, 0) is 24.5 Å². The number of fused-ring (bicyclic) bond motifs is 4. The molecule has 0 bridgehead atoms. The molecule has 3 N–H and O–H groups in total. The molecule has 6 nitrogen and oxygen atoms in total. The summed E-state index contributed by atoms with van der Waals surface area (Å²) in [6.07, 6.45) is 2.66. The molecule has 0 saturated heterocycles. The van der Waals surface area contributed by atoms with Crippen LogP contribution in [0.1, 0.15) is 19.4 Å². The van der Waals surface area contributed by atoms with Crippen molar-refractivity contribution < 1.29 is 9.52 Å². The highest BCUT2D eigenvalue weighted by Gasteiger charge is 2.20. The Bertz CT molecular complexity index is 1070. The Labute approximate surface area is 124 Å². The molecule has 0 aliphatic carbocycles. The van der Waals surface area contributed by atoms with Gasteiger partial charge in [-0.2, -0.15) is 0 Å². The monoisotopic (exact) mass is 297 g/mol. The van der Waals surface area contributed by atoms with Crippen LogP contribution in [0.4, 0.5) is 0 Å². The molecule has 1 aromatic carbocycles. The molecule has 112 valence electrons. The number of nitrogens with zero attached hydrogens (tertiary/aromatic N) is 1. The average molecular weight is 297 g/mol. The summed E-state index contributed by atoms with van der Waals surface area (Å²) in [5.74, 6) is 0.0711. The van der Waals surface area contributed by atoms with Crippen LogP contribution in [0.5, 0.6) is 5.75 Å². The van der Waals surface area contributed by atoms with E-state index in [9.17, 15) is 9.90 Å². The van der Waals surface area contributed by atoms with E-state index in [-0.39, 0.29) is 11.3 Å². The zero-order valence-electron chi connectivity index (χ0n) is 12.2. The lowest BCUT2D eigenvalue weighted by Crippen LogP contribution is -1.96. The van der Waals surface area contributed by atoms with Crippen LogP contribution in [0.2, 0.25) is 0 Å². The number of aromatic hydroxyl groups is 1. The highest BCUT2D eigenvalue weighted by molar-refractivity contribution is 6.08. The molecule has 6 heteroatoms. The Morgan fingerprint density at radius 3 is 2.86 bits per heavy atom. The first-order chi connectivity index (χ1) is 10.6. The zero-order chi connectivity index (χ0) is 15.4. The molecule has 3 aromatic heterocycles. The minimum atomic E-state index is -0.448. The Morgan fingerprint density at radius 2 is 2.09 bits per heavy atom. The first-order valence-corrected chi connectivity index (χ1v) is 7.19. The maximum absolute atomic E-state index is 11.6. The van der Waals surface area contributed by atoms with Crippen molar-refractivity contribution in [3.63, 3.8) is 0 Å². The summed E-state index contributed by atoms with van der Waals surface area (Å²) in [4.78, 5) is 16.2. The standard InChI is InChI=1S/C16H15N3O3/c1-7(2)5-9-10-6-17-19-16(10)18-12-8-3-4-11(20)13(21)15(8)22-14(9)12/h3-4,6-7,21H,5H2,1-2H3,(H2,17,18,19). The van der Waals surface area contributed by atoms with Crippen molar-refractivity contribution in [3.8, 4) is 5.75 Å². The molecule has 0 amide bonds. The van der Waals surface area contributed by atoms with E-state index in [4.69, 9.17) is 4.42 Å². The van der Waals surface area contributed by atoms with Crippen LogP contribution in [0.15, 0.2) is 27.5 Å². The molecule has 4 aromatic rings. The number of phenolic OH excluding ortho intramolecular Hbond substituents is 1. The minimum Gasteiger partial charge on any atom is -0.502 e. The highest BCUT2D eigenvalue weighted by atomic mass is 16.4. The minimum absolute atomic E-state index is 0.205. The number of furan rings is 1. The third kappa shape index (κ3) is 1.67. The highest BCUT2D eigenvalue weighted by Crippen LogP contribution is 2.36. The van der Waals surface area contributed by atoms with E-state index in [1.54, 1.807) is 6.07 Å². The number of hydrogen-bond acceptors (Lipinski definition) is 4. The Balaban J connectivity index is 2.22. The van der Waals surface area contributed by atoms with E-state index >= 15 is 0 Å².